The average molecular weight is 1550 g/mol. The predicted molar refractivity (Wildman–Crippen MR) is 392 cm³/mol. The number of nitrogens with one attached hydrogen (secondary N) is 10. The molecule has 1 aromatic heterocycles. The van der Waals surface area contributed by atoms with Crippen LogP contribution in [0.15, 0.2) is 121 Å². The first-order valence-corrected chi connectivity index (χ1v) is 35.1. The van der Waals surface area contributed by atoms with Crippen molar-refractivity contribution in [3.63, 3.8) is 0 Å². The number of aliphatic hydroxyl groups excluding tert-OH is 1. The molecule has 1 saturated heterocycles. The molecule has 590 valence electrons. The van der Waals surface area contributed by atoms with Crippen molar-refractivity contribution in [2.75, 3.05) is 26.2 Å². The largest absolute Gasteiger partial charge is 0.508 e. The van der Waals surface area contributed by atoms with E-state index < -0.39 is 150 Å². The Labute approximate surface area is 630 Å². The summed E-state index contributed by atoms with van der Waals surface area (Å²) in [6.07, 6.45) is -2.38. The van der Waals surface area contributed by atoms with Crippen molar-refractivity contribution in [3.05, 3.63) is 143 Å². The quantitative estimate of drug-likeness (QED) is 0.0140. The third-order valence-corrected chi connectivity index (χ3v) is 17.2. The van der Waals surface area contributed by atoms with Gasteiger partial charge >= 0.3 is 18.2 Å². The normalized spacial score (nSPS) is 15.0. The monoisotopic (exact) mass is 1540 g/mol. The fourth-order valence-electron chi connectivity index (χ4n) is 11.4. The summed E-state index contributed by atoms with van der Waals surface area (Å²) >= 11 is 6.23. The summed E-state index contributed by atoms with van der Waals surface area (Å²) in [5, 5.41) is 56.7. The number of primary amides is 2. The van der Waals surface area contributed by atoms with Crippen molar-refractivity contribution < 1.29 is 90.8 Å². The molecule has 33 nitrogen and oxygen atoms in total. The second-order valence-corrected chi connectivity index (χ2v) is 26.6. The Morgan fingerprint density at radius 3 is 1.59 bits per heavy atom. The molecule has 6 rings (SSSR count). The Morgan fingerprint density at radius 1 is 0.587 bits per heavy atom. The van der Waals surface area contributed by atoms with Gasteiger partial charge in [0.25, 0.3) is 0 Å². The highest BCUT2D eigenvalue weighted by Crippen LogP contribution is 2.23. The fourth-order valence-corrected chi connectivity index (χ4v) is 11.5. The fraction of sp³-hybridized carbons (Fsp3) is 0.431. The van der Waals surface area contributed by atoms with Crippen LogP contribution in [0.3, 0.4) is 0 Å². The van der Waals surface area contributed by atoms with Gasteiger partial charge in [-0.15, -0.1) is 0 Å². The maximum absolute atomic E-state index is 14.9. The number of halogens is 4. The Balaban J connectivity index is 0.00000289. The van der Waals surface area contributed by atoms with Crippen LogP contribution in [0.4, 0.5) is 18.0 Å². The number of pyridine rings is 1. The number of fused-ring (bicyclic) bond motifs is 1. The van der Waals surface area contributed by atoms with E-state index >= 15 is 0 Å². The van der Waals surface area contributed by atoms with Gasteiger partial charge in [0, 0.05) is 69.7 Å². The summed E-state index contributed by atoms with van der Waals surface area (Å²) in [6, 6.07) is 13.5. The van der Waals surface area contributed by atoms with E-state index in [-0.39, 0.29) is 101 Å². The number of hydrogen-bond acceptors (Lipinski definition) is 17. The van der Waals surface area contributed by atoms with Gasteiger partial charge in [-0.1, -0.05) is 98.2 Å². The number of carbonyl (C=O) groups excluding carboxylic acids is 12. The van der Waals surface area contributed by atoms with Crippen molar-refractivity contribution in [3.8, 4) is 5.75 Å². The zero-order valence-electron chi connectivity index (χ0n) is 60.2. The van der Waals surface area contributed by atoms with E-state index in [2.05, 4.69) is 63.1 Å². The van der Waals surface area contributed by atoms with Crippen LogP contribution in [-0.2, 0) is 83.2 Å². The number of amides is 13. The topological polar surface area (TPSA) is 535 Å². The summed E-state index contributed by atoms with van der Waals surface area (Å²) in [5.74, 6) is -12.6. The van der Waals surface area contributed by atoms with E-state index in [1.54, 1.807) is 50.2 Å². The molecule has 0 aliphatic carbocycles. The number of aliphatic carboxylic acids is 1. The number of aliphatic hydroxyl groups is 1. The molecule has 0 radical (unpaired) electrons. The van der Waals surface area contributed by atoms with Crippen LogP contribution in [0, 0.1) is 5.92 Å². The second kappa shape index (κ2) is 43.2. The number of phenols is 1. The van der Waals surface area contributed by atoms with Crippen molar-refractivity contribution in [2.45, 2.75) is 165 Å². The Morgan fingerprint density at radius 2 is 1.06 bits per heavy atom. The van der Waals surface area contributed by atoms with Gasteiger partial charge < -0.3 is 96.3 Å². The van der Waals surface area contributed by atoms with E-state index in [0.717, 1.165) is 10.8 Å². The molecule has 1 fully saturated rings. The maximum atomic E-state index is 14.9. The predicted octanol–water partition coefficient (Wildman–Crippen LogP) is -0.0825. The van der Waals surface area contributed by atoms with Gasteiger partial charge in [0.05, 0.1) is 6.61 Å². The van der Waals surface area contributed by atoms with Crippen molar-refractivity contribution in [1.82, 2.24) is 63.1 Å². The molecule has 1 aliphatic heterocycles. The maximum Gasteiger partial charge on any atom is 0.490 e. The number of rotatable bonds is 38. The second-order valence-electron chi connectivity index (χ2n) is 26.2. The van der Waals surface area contributed by atoms with E-state index in [4.69, 9.17) is 44.4 Å². The molecular weight excluding hydrogens is 1450 g/mol. The summed E-state index contributed by atoms with van der Waals surface area (Å²) in [6.45, 7) is 5.15. The van der Waals surface area contributed by atoms with Crippen LogP contribution in [0.1, 0.15) is 94.9 Å². The number of nitrogens with two attached hydrogens (primary N) is 4. The molecule has 37 heteroatoms. The zero-order chi connectivity index (χ0) is 80.7. The van der Waals surface area contributed by atoms with Crippen LogP contribution in [0.5, 0.6) is 5.75 Å². The van der Waals surface area contributed by atoms with Crippen LogP contribution in [0.2, 0.25) is 5.02 Å². The van der Waals surface area contributed by atoms with Gasteiger partial charge in [0.2, 0.25) is 65.0 Å². The molecule has 10 atom stereocenters. The third kappa shape index (κ3) is 30.2. The minimum absolute atomic E-state index is 0.000209. The molecule has 21 N–H and O–H groups in total. The number of carboxylic acids is 1. The highest BCUT2D eigenvalue weighted by molar-refractivity contribution is 6.30. The molecule has 0 spiro atoms. The number of alkyl halides is 3. The number of likely N-dealkylation sites (tertiary alicyclic amines) is 1. The first kappa shape index (κ1) is 87.9. The van der Waals surface area contributed by atoms with Gasteiger partial charge in [0.15, 0.2) is 5.96 Å². The molecule has 1 aliphatic rings. The van der Waals surface area contributed by atoms with Crippen LogP contribution >= 0.6 is 11.6 Å². The van der Waals surface area contributed by atoms with E-state index in [9.17, 15) is 80.9 Å². The highest BCUT2D eigenvalue weighted by Gasteiger charge is 2.41. The number of guanidine groups is 1. The number of carboxylic acid groups (broad SMARTS) is 1. The zero-order valence-corrected chi connectivity index (χ0v) is 61.0. The van der Waals surface area contributed by atoms with Crippen LogP contribution in [0.25, 0.3) is 10.8 Å². The van der Waals surface area contributed by atoms with Gasteiger partial charge in [-0.3, -0.25) is 62.7 Å². The van der Waals surface area contributed by atoms with Gasteiger partial charge in [-0.05, 0) is 121 Å². The lowest BCUT2D eigenvalue weighted by Gasteiger charge is -2.31. The van der Waals surface area contributed by atoms with Crippen LogP contribution < -0.4 is 76.1 Å². The van der Waals surface area contributed by atoms with E-state index in [1.165, 1.54) is 55.4 Å². The smallest absolute Gasteiger partial charge is 0.490 e. The molecular formula is C72H93ClF3N17O16. The number of carbonyl (C=O) groups is 13. The Bertz CT molecular complexity index is 4010. The molecule has 2 heterocycles. The number of aliphatic imine (C=N–C) groups is 1. The number of benzene rings is 4. The standard InChI is InChI=1S/C70H92ClN17O14.C2HF3O2/c1-39(2)31-52(61(94)82-51(15-9-28-77-69(73)74)68(101)88-30-10-16-58(88)67(100)79-40(3)59(72)92)83-60(93)50(14-8-29-78-70(75)102)81-63(96)54(34-43-20-25-49(91)26-21-43)86-66(99)57(38-89)87-65(98)56(36-45-11-7-27-76-37-45)85-64(97)55(33-42-18-23-48(71)24-19-42)84-62(95)53(80-41(4)90)35-44-17-22-46-12-5-6-13-47(46)32-44;3-2(4,5)1(6)7/h5-7,11-13,17-27,32,37,39-40,50-58,89,91H,8-10,14-16,28-31,33-36,38H2,1-4H3,(H2,72,92)(H,79,100)(H,80,90)(H,81,96)(H,82,94)(H,83,93)(H,84,95)(H,85,97)(H,86,99)(H,87,98)(H4,73,74,77)(H3,75,78,102);(H,6,7). The van der Waals surface area contributed by atoms with Gasteiger partial charge in [-0.2, -0.15) is 13.2 Å². The Kier molecular flexibility index (Phi) is 34.9. The number of phenolic OH excluding ortho intramolecular Hbond substituents is 1. The molecule has 0 bridgehead atoms. The molecule has 10 unspecified atom stereocenters. The van der Waals surface area contributed by atoms with Crippen molar-refractivity contribution in [2.24, 2.45) is 33.8 Å². The lowest BCUT2D eigenvalue weighted by Crippen LogP contribution is -2.61. The average Bonchev–Trinajstić information content (AvgIpc) is 1.79. The van der Waals surface area contributed by atoms with Crippen LogP contribution in [-0.4, -0.2) is 201 Å². The summed E-state index contributed by atoms with van der Waals surface area (Å²) in [4.78, 5) is 185. The summed E-state index contributed by atoms with van der Waals surface area (Å²) < 4.78 is 31.7. The van der Waals surface area contributed by atoms with E-state index in [0.29, 0.717) is 33.7 Å². The molecule has 5 aromatic rings. The molecule has 0 saturated carbocycles. The SMILES string of the molecule is CC(=O)NC(Cc1ccc2ccccc2c1)C(=O)NC(Cc1ccc(Cl)cc1)C(=O)NC(Cc1cccnc1)C(=O)NC(CO)C(=O)NC(Cc1ccc(O)cc1)C(=O)NC(CCCNC(N)=O)C(=O)NC(CC(C)C)C(=O)NC(CCCN=C(N)N)C(=O)N1CCCC1C(=O)NC(C)C(N)=O.O=C(O)C(F)(F)F. The molecule has 109 heavy (non-hydrogen) atoms. The third-order valence-electron chi connectivity index (χ3n) is 16.9. The number of aromatic nitrogens is 1. The van der Waals surface area contributed by atoms with Gasteiger partial charge in [0.1, 0.15) is 66.2 Å². The van der Waals surface area contributed by atoms with Gasteiger partial charge in [-0.25, -0.2) is 9.59 Å². The number of aromatic hydroxyl groups is 1. The van der Waals surface area contributed by atoms with Crippen molar-refractivity contribution >= 4 is 105 Å². The Hall–Kier alpha value is -11.7. The summed E-state index contributed by atoms with van der Waals surface area (Å²) in [7, 11) is 0. The number of nitrogens with zero attached hydrogens (tertiary/aromatic N) is 3. The van der Waals surface area contributed by atoms with Crippen molar-refractivity contribution in [1.29, 1.82) is 0 Å². The lowest BCUT2D eigenvalue weighted by molar-refractivity contribution is -0.192. The molecule has 13 amide bonds. The minimum atomic E-state index is -5.08. The highest BCUT2D eigenvalue weighted by atomic mass is 35.5. The minimum Gasteiger partial charge on any atom is -0.508 e. The lowest BCUT2D eigenvalue weighted by atomic mass is 9.99. The number of urea groups is 1. The molecule has 4 aromatic carbocycles. The number of hydrogen-bond donors (Lipinski definition) is 17. The summed E-state index contributed by atoms with van der Waals surface area (Å²) in [5.41, 5.74) is 23.9. The van der Waals surface area contributed by atoms with E-state index in [1.807, 2.05) is 42.5 Å². The first-order chi connectivity index (χ1) is 51.5. The first-order valence-electron chi connectivity index (χ1n) is 34.7.